The van der Waals surface area contributed by atoms with Crippen molar-refractivity contribution in [1.82, 2.24) is 10.6 Å². The summed E-state index contributed by atoms with van der Waals surface area (Å²) in [6.07, 6.45) is 0. The van der Waals surface area contributed by atoms with Gasteiger partial charge in [-0.15, -0.1) is 0 Å². The molecule has 0 bridgehead atoms. The van der Waals surface area contributed by atoms with Crippen molar-refractivity contribution in [3.8, 4) is 0 Å². The first-order chi connectivity index (χ1) is 10.2. The number of aliphatic imine (C=N–C) groups is 1. The quantitative estimate of drug-likeness (QED) is 0.507. The average molecular weight is 313 g/mol. The lowest BCUT2D eigenvalue weighted by Crippen LogP contribution is -2.41. The molecule has 0 fully saturated rings. The molecule has 5 nitrogen and oxygen atoms in total. The van der Waals surface area contributed by atoms with Gasteiger partial charge in [-0.3, -0.25) is 9.79 Å². The van der Waals surface area contributed by atoms with E-state index in [9.17, 15) is 13.6 Å². The molecule has 0 heterocycles. The molecule has 0 aromatic heterocycles. The SMILES string of the molecule is CN=C(NCC(=O)OC(C)(C)C)NCc1cc(F)ccc1F. The maximum Gasteiger partial charge on any atom is 0.325 e. The molecule has 22 heavy (non-hydrogen) atoms. The number of nitrogens with one attached hydrogen (secondary N) is 2. The Morgan fingerprint density at radius 1 is 1.27 bits per heavy atom. The third-order valence-corrected chi connectivity index (χ3v) is 2.50. The first-order valence-corrected chi connectivity index (χ1v) is 6.81. The number of rotatable bonds is 4. The van der Waals surface area contributed by atoms with E-state index in [1.807, 2.05) is 0 Å². The monoisotopic (exact) mass is 313 g/mol. The van der Waals surface area contributed by atoms with Crippen LogP contribution in [-0.4, -0.2) is 31.1 Å². The standard InChI is InChI=1S/C15H21F2N3O2/c1-15(2,3)22-13(21)9-20-14(18-4)19-8-10-7-11(16)5-6-12(10)17/h5-7H,8-9H2,1-4H3,(H2,18,19,20). The van der Waals surface area contributed by atoms with E-state index in [2.05, 4.69) is 15.6 Å². The van der Waals surface area contributed by atoms with Crippen LogP contribution in [0, 0.1) is 11.6 Å². The highest BCUT2D eigenvalue weighted by atomic mass is 19.1. The predicted octanol–water partition coefficient (Wildman–Crippen LogP) is 1.97. The molecule has 0 spiro atoms. The van der Waals surface area contributed by atoms with Gasteiger partial charge in [0.15, 0.2) is 5.96 Å². The third-order valence-electron chi connectivity index (χ3n) is 2.50. The van der Waals surface area contributed by atoms with E-state index in [0.717, 1.165) is 18.2 Å². The molecule has 2 N–H and O–H groups in total. The number of ether oxygens (including phenoxy) is 1. The second-order valence-corrected chi connectivity index (χ2v) is 5.60. The van der Waals surface area contributed by atoms with E-state index in [4.69, 9.17) is 4.74 Å². The van der Waals surface area contributed by atoms with Crippen LogP contribution in [0.15, 0.2) is 23.2 Å². The van der Waals surface area contributed by atoms with Gasteiger partial charge >= 0.3 is 5.97 Å². The van der Waals surface area contributed by atoms with Crippen LogP contribution in [0.4, 0.5) is 8.78 Å². The molecule has 0 aliphatic rings. The smallest absolute Gasteiger partial charge is 0.325 e. The van der Waals surface area contributed by atoms with Gasteiger partial charge in [0.25, 0.3) is 0 Å². The van der Waals surface area contributed by atoms with E-state index in [-0.39, 0.29) is 24.6 Å². The summed E-state index contributed by atoms with van der Waals surface area (Å²) in [4.78, 5) is 15.5. The van der Waals surface area contributed by atoms with Crippen LogP contribution in [0.1, 0.15) is 26.3 Å². The van der Waals surface area contributed by atoms with E-state index in [1.165, 1.54) is 7.05 Å². The maximum atomic E-state index is 13.5. The van der Waals surface area contributed by atoms with Crippen molar-refractivity contribution in [1.29, 1.82) is 0 Å². The predicted molar refractivity (Wildman–Crippen MR) is 80.4 cm³/mol. The van der Waals surface area contributed by atoms with Gasteiger partial charge in [-0.25, -0.2) is 8.78 Å². The van der Waals surface area contributed by atoms with Crippen molar-refractivity contribution in [2.75, 3.05) is 13.6 Å². The summed E-state index contributed by atoms with van der Waals surface area (Å²) in [6, 6.07) is 3.21. The Bertz CT molecular complexity index is 554. The van der Waals surface area contributed by atoms with E-state index >= 15 is 0 Å². The van der Waals surface area contributed by atoms with E-state index in [1.54, 1.807) is 20.8 Å². The number of guanidine groups is 1. The Balaban J connectivity index is 2.49. The number of carbonyl (C=O) groups is 1. The van der Waals surface area contributed by atoms with Crippen LogP contribution >= 0.6 is 0 Å². The fraction of sp³-hybridized carbons (Fsp3) is 0.467. The Hall–Kier alpha value is -2.18. The molecule has 0 radical (unpaired) electrons. The lowest BCUT2D eigenvalue weighted by molar-refractivity contribution is -0.153. The van der Waals surface area contributed by atoms with Crippen LogP contribution in [0.3, 0.4) is 0 Å². The molecule has 0 unspecified atom stereocenters. The number of esters is 1. The number of nitrogens with zero attached hydrogens (tertiary/aromatic N) is 1. The molecule has 7 heteroatoms. The third kappa shape index (κ3) is 6.51. The average Bonchev–Trinajstić information content (AvgIpc) is 2.40. The largest absolute Gasteiger partial charge is 0.459 e. The first-order valence-electron chi connectivity index (χ1n) is 6.81. The van der Waals surface area contributed by atoms with E-state index < -0.39 is 23.2 Å². The molecule has 1 aromatic carbocycles. The summed E-state index contributed by atoms with van der Waals surface area (Å²) >= 11 is 0. The minimum atomic E-state index is -0.569. The van der Waals surface area contributed by atoms with E-state index in [0.29, 0.717) is 0 Å². The fourth-order valence-corrected chi connectivity index (χ4v) is 1.61. The van der Waals surface area contributed by atoms with Crippen LogP contribution in [0.2, 0.25) is 0 Å². The van der Waals surface area contributed by atoms with Crippen LogP contribution in [0.25, 0.3) is 0 Å². The van der Waals surface area contributed by atoms with Gasteiger partial charge in [0, 0.05) is 19.2 Å². The molecule has 0 aliphatic carbocycles. The Morgan fingerprint density at radius 2 is 1.95 bits per heavy atom. The lowest BCUT2D eigenvalue weighted by Gasteiger charge is -2.20. The van der Waals surface area contributed by atoms with Crippen molar-refractivity contribution >= 4 is 11.9 Å². The highest BCUT2D eigenvalue weighted by Gasteiger charge is 2.16. The highest BCUT2D eigenvalue weighted by molar-refractivity contribution is 5.84. The Kier molecular flexibility index (Phi) is 6.27. The summed E-state index contributed by atoms with van der Waals surface area (Å²) in [5, 5.41) is 5.54. The van der Waals surface area contributed by atoms with Crippen molar-refractivity contribution in [2.24, 2.45) is 4.99 Å². The summed E-state index contributed by atoms with van der Waals surface area (Å²) < 4.78 is 31.7. The molecule has 0 amide bonds. The van der Waals surface area contributed by atoms with Gasteiger partial charge in [-0.2, -0.15) is 0 Å². The topological polar surface area (TPSA) is 62.7 Å². The van der Waals surface area contributed by atoms with Crippen molar-refractivity contribution in [3.05, 3.63) is 35.4 Å². The second kappa shape index (κ2) is 7.72. The fourth-order valence-electron chi connectivity index (χ4n) is 1.61. The molecule has 122 valence electrons. The number of benzene rings is 1. The van der Waals surface area contributed by atoms with Crippen LogP contribution in [0.5, 0.6) is 0 Å². The number of carbonyl (C=O) groups excluding carboxylic acids is 1. The van der Waals surface area contributed by atoms with Gasteiger partial charge in [0.1, 0.15) is 23.8 Å². The van der Waals surface area contributed by atoms with Crippen molar-refractivity contribution < 1.29 is 18.3 Å². The van der Waals surface area contributed by atoms with Crippen molar-refractivity contribution in [3.63, 3.8) is 0 Å². The van der Waals surface area contributed by atoms with Gasteiger partial charge in [0.2, 0.25) is 0 Å². The molecular weight excluding hydrogens is 292 g/mol. The molecular formula is C15H21F2N3O2. The van der Waals surface area contributed by atoms with Gasteiger partial charge < -0.3 is 15.4 Å². The summed E-state index contributed by atoms with van der Waals surface area (Å²) in [6.45, 7) is 5.26. The summed E-state index contributed by atoms with van der Waals surface area (Å²) in [5.41, 5.74) is -0.402. The minimum absolute atomic E-state index is 0.0393. The lowest BCUT2D eigenvalue weighted by atomic mass is 10.2. The summed E-state index contributed by atoms with van der Waals surface area (Å²) in [5.74, 6) is -1.19. The zero-order valence-corrected chi connectivity index (χ0v) is 13.2. The molecule has 0 saturated heterocycles. The van der Waals surface area contributed by atoms with Crippen LogP contribution in [-0.2, 0) is 16.1 Å². The number of halogens is 2. The second-order valence-electron chi connectivity index (χ2n) is 5.60. The first kappa shape index (κ1) is 17.9. The molecule has 0 saturated carbocycles. The van der Waals surface area contributed by atoms with Crippen molar-refractivity contribution in [2.45, 2.75) is 32.9 Å². The normalized spacial score (nSPS) is 12.0. The molecule has 1 aromatic rings. The summed E-state index contributed by atoms with van der Waals surface area (Å²) in [7, 11) is 1.51. The minimum Gasteiger partial charge on any atom is -0.459 e. The van der Waals surface area contributed by atoms with Gasteiger partial charge in [-0.05, 0) is 39.0 Å². The van der Waals surface area contributed by atoms with Crippen LogP contribution < -0.4 is 10.6 Å². The zero-order valence-electron chi connectivity index (χ0n) is 13.2. The van der Waals surface area contributed by atoms with Gasteiger partial charge in [0.05, 0.1) is 0 Å². The Morgan fingerprint density at radius 3 is 2.55 bits per heavy atom. The number of hydrogen-bond acceptors (Lipinski definition) is 3. The molecule has 0 aliphatic heterocycles. The Labute approximate surface area is 128 Å². The molecule has 0 atom stereocenters. The van der Waals surface area contributed by atoms with Gasteiger partial charge in [-0.1, -0.05) is 0 Å². The molecule has 1 rings (SSSR count). The number of hydrogen-bond donors (Lipinski definition) is 2. The maximum absolute atomic E-state index is 13.5. The zero-order chi connectivity index (χ0) is 16.8. The highest BCUT2D eigenvalue weighted by Crippen LogP contribution is 2.09.